The number of hydrogen-bond acceptors (Lipinski definition) is 8. The van der Waals surface area contributed by atoms with E-state index in [1.807, 2.05) is 109 Å². The molecule has 2 fully saturated rings. The molecule has 15 heteroatoms. The Hall–Kier alpha value is -5.60. The number of carbonyl (C=O) groups excluding carboxylic acids is 3. The van der Waals surface area contributed by atoms with Crippen LogP contribution >= 0.6 is 52.3 Å². The fraction of sp³-hybridized carbons (Fsp3) is 0.371. The highest BCUT2D eigenvalue weighted by molar-refractivity contribution is 9.09. The number of ether oxygens (including phenoxy) is 3. The molecular weight excluding hydrogens is 1100 g/mol. The van der Waals surface area contributed by atoms with Gasteiger partial charge in [-0.2, -0.15) is 0 Å². The van der Waals surface area contributed by atoms with Crippen molar-refractivity contribution in [3.63, 3.8) is 0 Å². The van der Waals surface area contributed by atoms with Crippen molar-refractivity contribution in [2.45, 2.75) is 98.6 Å². The van der Waals surface area contributed by atoms with Crippen molar-refractivity contribution < 1.29 is 28.6 Å². The second-order valence-corrected chi connectivity index (χ2v) is 21.4. The van der Waals surface area contributed by atoms with E-state index < -0.39 is 17.7 Å². The number of primary amides is 3. The maximum absolute atomic E-state index is 11.2. The van der Waals surface area contributed by atoms with Crippen LogP contribution in [0.25, 0.3) is 33.4 Å². The standard InChI is InChI=1S/C23H30N2O2.C15H14BrNO2.C15H14ClNO2.C8H17N.CH4.2ClH/c1-23(2)12-10-20(11-13-23)25-14-15-27-21-5-3-4-19(16-21)17-6-8-18(9-7-17)22(24)26;2*16-8-9-19-14-3-1-2-13(10-14)11-4-6-12(7-5-11)15(17)18;1-8(2)5-3-7(9)4-6-8;;;/h3-9,16,20,25H,10-15H2,1-2H3,(H2,24,26);2*1-7,10H,8-9H2,(H2,17,18);7H,3-6,9H2,1-2H3;1H4;2*1H. The minimum absolute atomic E-state index is 0. The summed E-state index contributed by atoms with van der Waals surface area (Å²) in [5, 5.41) is 4.42. The number of nitrogens with one attached hydrogen (secondary N) is 1. The van der Waals surface area contributed by atoms with E-state index in [0.717, 1.165) is 62.5 Å². The number of nitrogens with two attached hydrogens (primary N) is 4. The first-order chi connectivity index (χ1) is 35.4. The summed E-state index contributed by atoms with van der Waals surface area (Å²) in [5.41, 5.74) is 30.3. The third-order valence-corrected chi connectivity index (χ3v) is 13.7. The van der Waals surface area contributed by atoms with Gasteiger partial charge in [-0.25, -0.2) is 0 Å². The van der Waals surface area contributed by atoms with E-state index in [0.29, 0.717) is 65.3 Å². The summed E-state index contributed by atoms with van der Waals surface area (Å²) in [7, 11) is 0. The number of amides is 3. The summed E-state index contributed by atoms with van der Waals surface area (Å²) in [6.07, 6.45) is 10.2. The Kier molecular flexibility index (Phi) is 30.1. The van der Waals surface area contributed by atoms with Crippen molar-refractivity contribution in [1.82, 2.24) is 5.32 Å². The zero-order chi connectivity index (χ0) is 53.5. The lowest BCUT2D eigenvalue weighted by Crippen LogP contribution is -2.37. The largest absolute Gasteiger partial charge is 0.493 e. The molecule has 6 aromatic rings. The second kappa shape index (κ2) is 34.3. The summed E-state index contributed by atoms with van der Waals surface area (Å²) in [5.74, 6) is 1.67. The molecule has 2 aliphatic carbocycles. The van der Waals surface area contributed by atoms with Crippen LogP contribution in [-0.2, 0) is 0 Å². The molecule has 0 unspecified atom stereocenters. The molecule has 8 rings (SSSR count). The first kappa shape index (κ1) is 67.5. The van der Waals surface area contributed by atoms with Gasteiger partial charge in [-0.1, -0.05) is 124 Å². The number of carbonyl (C=O) groups is 3. The maximum atomic E-state index is 11.2. The molecule has 0 spiro atoms. The highest BCUT2D eigenvalue weighted by Gasteiger charge is 2.26. The highest BCUT2D eigenvalue weighted by Crippen LogP contribution is 2.36. The van der Waals surface area contributed by atoms with Gasteiger partial charge in [0.15, 0.2) is 0 Å². The second-order valence-electron chi connectivity index (χ2n) is 20.2. The van der Waals surface area contributed by atoms with E-state index in [-0.39, 0.29) is 32.2 Å². The van der Waals surface area contributed by atoms with Crippen molar-refractivity contribution in [2.24, 2.45) is 33.8 Å². The third-order valence-electron chi connectivity index (χ3n) is 13.2. The third kappa shape index (κ3) is 23.9. The molecule has 0 saturated heterocycles. The molecule has 9 N–H and O–H groups in total. The van der Waals surface area contributed by atoms with Crippen molar-refractivity contribution in [2.75, 3.05) is 37.6 Å². The summed E-state index contributed by atoms with van der Waals surface area (Å²) in [6.45, 7) is 12.0. The number of benzene rings is 6. The van der Waals surface area contributed by atoms with Crippen molar-refractivity contribution in [1.29, 1.82) is 0 Å². The first-order valence-electron chi connectivity index (χ1n) is 25.4. The fourth-order valence-electron chi connectivity index (χ4n) is 8.55. The molecule has 6 aromatic carbocycles. The van der Waals surface area contributed by atoms with Crippen LogP contribution in [0.3, 0.4) is 0 Å². The van der Waals surface area contributed by atoms with E-state index in [1.54, 1.807) is 36.4 Å². The molecule has 11 nitrogen and oxygen atoms in total. The Bertz CT molecular complexity index is 2570. The Morgan fingerprint density at radius 3 is 1.16 bits per heavy atom. The Labute approximate surface area is 483 Å². The number of halogens is 4. The average Bonchev–Trinajstić information content (AvgIpc) is 3.41. The van der Waals surface area contributed by atoms with Crippen LogP contribution in [-0.4, -0.2) is 67.4 Å². The zero-order valence-electron chi connectivity index (χ0n) is 44.2. The lowest BCUT2D eigenvalue weighted by molar-refractivity contribution is 0.0992. The summed E-state index contributed by atoms with van der Waals surface area (Å²) in [4.78, 5) is 33.2. The Morgan fingerprint density at radius 2 is 0.844 bits per heavy atom. The molecule has 2 saturated carbocycles. The molecule has 0 aliphatic heterocycles. The lowest BCUT2D eigenvalue weighted by Gasteiger charge is -2.34. The van der Waals surface area contributed by atoms with E-state index >= 15 is 0 Å². The van der Waals surface area contributed by atoms with Gasteiger partial charge in [-0.3, -0.25) is 14.4 Å². The minimum Gasteiger partial charge on any atom is -0.493 e. The quantitative estimate of drug-likeness (QED) is 0.0439. The molecule has 0 bridgehead atoms. The minimum atomic E-state index is -0.425. The summed E-state index contributed by atoms with van der Waals surface area (Å²) < 4.78 is 17.0. The van der Waals surface area contributed by atoms with Gasteiger partial charge in [0, 0.05) is 40.6 Å². The van der Waals surface area contributed by atoms with Gasteiger partial charge in [0.25, 0.3) is 0 Å². The van der Waals surface area contributed by atoms with Crippen LogP contribution in [0.1, 0.15) is 118 Å². The van der Waals surface area contributed by atoms with E-state index in [9.17, 15) is 14.4 Å². The maximum Gasteiger partial charge on any atom is 0.248 e. The Morgan fingerprint density at radius 1 is 0.519 bits per heavy atom. The average molecular weight is 1180 g/mol. The molecular formula is C62H81BrCl3N5O6. The lowest BCUT2D eigenvalue weighted by atomic mass is 9.75. The normalized spacial score (nSPS) is 14.2. The zero-order valence-corrected chi connectivity index (χ0v) is 48.2. The van der Waals surface area contributed by atoms with Gasteiger partial charge in [0.1, 0.15) is 30.5 Å². The van der Waals surface area contributed by atoms with Gasteiger partial charge < -0.3 is 42.5 Å². The molecule has 2 aliphatic rings. The van der Waals surface area contributed by atoms with Crippen LogP contribution < -0.4 is 42.5 Å². The van der Waals surface area contributed by atoms with E-state index in [1.165, 1.54) is 51.4 Å². The number of hydrogen-bond donors (Lipinski definition) is 5. The van der Waals surface area contributed by atoms with Crippen LogP contribution in [0.15, 0.2) is 146 Å². The fourth-order valence-corrected chi connectivity index (χ4v) is 8.79. The van der Waals surface area contributed by atoms with E-state index in [4.69, 9.17) is 48.7 Å². The predicted octanol–water partition coefficient (Wildman–Crippen LogP) is 14.1. The van der Waals surface area contributed by atoms with Crippen LogP contribution in [0.2, 0.25) is 0 Å². The smallest absolute Gasteiger partial charge is 0.248 e. The molecule has 418 valence electrons. The van der Waals surface area contributed by atoms with Gasteiger partial charge in [0.05, 0.1) is 12.5 Å². The molecule has 0 atom stereocenters. The van der Waals surface area contributed by atoms with Crippen molar-refractivity contribution >= 4 is 70.1 Å². The van der Waals surface area contributed by atoms with Gasteiger partial charge in [0.2, 0.25) is 17.7 Å². The monoisotopic (exact) mass is 1180 g/mol. The van der Waals surface area contributed by atoms with Gasteiger partial charge in [-0.15, -0.1) is 36.4 Å². The molecule has 0 radical (unpaired) electrons. The molecule has 0 heterocycles. The van der Waals surface area contributed by atoms with Crippen molar-refractivity contribution in [3.05, 3.63) is 162 Å². The van der Waals surface area contributed by atoms with Crippen molar-refractivity contribution in [3.8, 4) is 50.6 Å². The topological polar surface area (TPSA) is 195 Å². The SMILES string of the molecule is C.CC1(C)CCC(N)CC1.CC1(C)CCC(NCCOc2cccc(-c3ccc(C(N)=O)cc3)c2)CC1.Cl.Cl.NC(=O)c1ccc(-c2cccc(OCCBr)c2)cc1.NC(=O)c1ccc(-c2cccc(OCCCl)c2)cc1. The summed E-state index contributed by atoms with van der Waals surface area (Å²) >= 11 is 8.91. The summed E-state index contributed by atoms with van der Waals surface area (Å²) in [6, 6.07) is 46.4. The van der Waals surface area contributed by atoms with Crippen LogP contribution in [0, 0.1) is 10.8 Å². The molecule has 3 amide bonds. The highest BCUT2D eigenvalue weighted by atomic mass is 79.9. The van der Waals surface area contributed by atoms with Gasteiger partial charge in [-0.05, 0) is 168 Å². The van der Waals surface area contributed by atoms with E-state index in [2.05, 4.69) is 48.9 Å². The Balaban J connectivity index is 0.000000365. The van der Waals surface area contributed by atoms with Gasteiger partial charge >= 0.3 is 0 Å². The molecule has 0 aromatic heterocycles. The number of alkyl halides is 2. The predicted molar refractivity (Wildman–Crippen MR) is 328 cm³/mol. The molecule has 77 heavy (non-hydrogen) atoms. The number of rotatable bonds is 17. The van der Waals surface area contributed by atoms with Crippen LogP contribution in [0.5, 0.6) is 17.2 Å². The first-order valence-corrected chi connectivity index (χ1v) is 27.1. The van der Waals surface area contributed by atoms with Crippen LogP contribution in [0.4, 0.5) is 0 Å².